The molecule has 0 fully saturated rings. The lowest BCUT2D eigenvalue weighted by Crippen LogP contribution is -2.54. The first kappa shape index (κ1) is 23.2. The topological polar surface area (TPSA) is 105 Å². The molecule has 2 aromatic rings. The van der Waals surface area contributed by atoms with Crippen molar-refractivity contribution >= 4 is 29.6 Å². The van der Waals surface area contributed by atoms with Gasteiger partial charge in [-0.3, -0.25) is 4.79 Å². The highest BCUT2D eigenvalue weighted by Gasteiger charge is 2.29. The van der Waals surface area contributed by atoms with Crippen molar-refractivity contribution in [2.24, 2.45) is 5.92 Å². The summed E-state index contributed by atoms with van der Waals surface area (Å²) in [6, 6.07) is 13.8. The number of hydrogen-bond donors (Lipinski definition) is 3. The van der Waals surface area contributed by atoms with Crippen molar-refractivity contribution < 1.29 is 24.2 Å². The van der Waals surface area contributed by atoms with Crippen LogP contribution >= 0.6 is 11.6 Å². The van der Waals surface area contributed by atoms with Crippen molar-refractivity contribution in [2.75, 3.05) is 0 Å². The van der Waals surface area contributed by atoms with Crippen molar-refractivity contribution in [3.05, 3.63) is 70.7 Å². The first-order chi connectivity index (χ1) is 14.3. The number of ether oxygens (including phenoxy) is 1. The van der Waals surface area contributed by atoms with E-state index in [0.29, 0.717) is 10.6 Å². The fraction of sp³-hybridized carbons (Fsp3) is 0.318. The lowest BCUT2D eigenvalue weighted by Gasteiger charge is -2.24. The molecule has 0 unspecified atom stereocenters. The number of carbonyl (C=O) groups is 3. The minimum atomic E-state index is -1.18. The fourth-order valence-corrected chi connectivity index (χ4v) is 3.00. The monoisotopic (exact) mass is 432 g/mol. The number of benzene rings is 2. The van der Waals surface area contributed by atoms with E-state index in [4.69, 9.17) is 16.3 Å². The zero-order chi connectivity index (χ0) is 22.1. The van der Waals surface area contributed by atoms with Crippen LogP contribution in [0.5, 0.6) is 0 Å². The van der Waals surface area contributed by atoms with E-state index in [-0.39, 0.29) is 18.9 Å². The summed E-state index contributed by atoms with van der Waals surface area (Å²) in [6.45, 7) is 3.55. The third-order valence-corrected chi connectivity index (χ3v) is 4.61. The predicted molar refractivity (Wildman–Crippen MR) is 113 cm³/mol. The first-order valence-electron chi connectivity index (χ1n) is 9.51. The van der Waals surface area contributed by atoms with Crippen LogP contribution in [-0.2, 0) is 27.4 Å². The summed E-state index contributed by atoms with van der Waals surface area (Å²) < 4.78 is 5.16. The smallest absolute Gasteiger partial charge is 0.408 e. The standard InChI is InChI=1S/C22H25ClN2O5/c1-14(2)19(25-22(29)30-13-15-7-4-3-5-8-15)20(26)24-18(21(27)28)12-16-9-6-10-17(23)11-16/h3-11,14,18-19H,12-13H2,1-2H3,(H,24,26)(H,25,29)(H,27,28)/t18-,19-/m1/s1. The maximum absolute atomic E-state index is 12.7. The number of nitrogens with one attached hydrogen (secondary N) is 2. The molecule has 2 rings (SSSR count). The molecule has 30 heavy (non-hydrogen) atoms. The maximum Gasteiger partial charge on any atom is 0.408 e. The molecule has 3 N–H and O–H groups in total. The van der Waals surface area contributed by atoms with Gasteiger partial charge in [0.15, 0.2) is 0 Å². The Balaban J connectivity index is 1.98. The Morgan fingerprint density at radius 1 is 1.00 bits per heavy atom. The Labute approximate surface area is 180 Å². The number of rotatable bonds is 9. The second kappa shape index (κ2) is 11.2. The van der Waals surface area contributed by atoms with Crippen molar-refractivity contribution in [1.82, 2.24) is 10.6 Å². The van der Waals surface area contributed by atoms with Crippen LogP contribution in [0.25, 0.3) is 0 Å². The minimum Gasteiger partial charge on any atom is -0.480 e. The number of aliphatic carboxylic acids is 1. The minimum absolute atomic E-state index is 0.0604. The van der Waals surface area contributed by atoms with Gasteiger partial charge in [0, 0.05) is 11.4 Å². The highest BCUT2D eigenvalue weighted by molar-refractivity contribution is 6.30. The number of hydrogen-bond acceptors (Lipinski definition) is 4. The van der Waals surface area contributed by atoms with Crippen molar-refractivity contribution in [2.45, 2.75) is 39.0 Å². The Morgan fingerprint density at radius 2 is 1.67 bits per heavy atom. The molecule has 8 heteroatoms. The largest absolute Gasteiger partial charge is 0.480 e. The van der Waals surface area contributed by atoms with Gasteiger partial charge in [-0.25, -0.2) is 9.59 Å². The number of carbonyl (C=O) groups excluding carboxylic acids is 2. The number of carboxylic acid groups (broad SMARTS) is 1. The first-order valence-corrected chi connectivity index (χ1v) is 9.89. The summed E-state index contributed by atoms with van der Waals surface area (Å²) in [4.78, 5) is 36.5. The third-order valence-electron chi connectivity index (χ3n) is 4.38. The van der Waals surface area contributed by atoms with Crippen LogP contribution < -0.4 is 10.6 Å². The van der Waals surface area contributed by atoms with Crippen LogP contribution in [0.4, 0.5) is 4.79 Å². The molecule has 2 amide bonds. The fourth-order valence-electron chi connectivity index (χ4n) is 2.79. The van der Waals surface area contributed by atoms with Gasteiger partial charge in [-0.2, -0.15) is 0 Å². The van der Waals surface area contributed by atoms with Crippen LogP contribution in [0, 0.1) is 5.92 Å². The second-order valence-corrected chi connectivity index (χ2v) is 7.60. The molecule has 7 nitrogen and oxygen atoms in total. The number of halogens is 1. The number of amides is 2. The van der Waals surface area contributed by atoms with E-state index < -0.39 is 30.1 Å². The molecule has 0 aliphatic heterocycles. The van der Waals surface area contributed by atoms with Crippen molar-refractivity contribution in [3.8, 4) is 0 Å². The lowest BCUT2D eigenvalue weighted by molar-refractivity contribution is -0.142. The average Bonchev–Trinajstić information content (AvgIpc) is 2.70. The van der Waals surface area contributed by atoms with Gasteiger partial charge in [0.05, 0.1) is 0 Å². The van der Waals surface area contributed by atoms with Crippen LogP contribution in [0.1, 0.15) is 25.0 Å². The summed E-state index contributed by atoms with van der Waals surface area (Å²) in [7, 11) is 0. The molecule has 2 atom stereocenters. The summed E-state index contributed by atoms with van der Waals surface area (Å²) in [6.07, 6.45) is -0.695. The number of alkyl carbamates (subject to hydrolysis) is 1. The molecule has 0 saturated heterocycles. The SMILES string of the molecule is CC(C)[C@@H](NC(=O)OCc1ccccc1)C(=O)N[C@H](Cc1cccc(Cl)c1)C(=O)O. The van der Waals surface area contributed by atoms with E-state index in [1.165, 1.54) is 0 Å². The van der Waals surface area contributed by atoms with Gasteiger partial charge < -0.3 is 20.5 Å². The Kier molecular flexibility index (Phi) is 8.68. The van der Waals surface area contributed by atoms with Gasteiger partial charge in [-0.15, -0.1) is 0 Å². The zero-order valence-electron chi connectivity index (χ0n) is 16.8. The summed E-state index contributed by atoms with van der Waals surface area (Å²) in [5, 5.41) is 15.0. The molecular formula is C22H25ClN2O5. The van der Waals surface area contributed by atoms with E-state index in [2.05, 4.69) is 10.6 Å². The molecule has 0 aliphatic carbocycles. The molecule has 0 spiro atoms. The van der Waals surface area contributed by atoms with E-state index in [1.54, 1.807) is 38.1 Å². The average molecular weight is 433 g/mol. The molecule has 0 aromatic heterocycles. The van der Waals surface area contributed by atoms with Gasteiger partial charge in [-0.05, 0) is 29.2 Å². The van der Waals surface area contributed by atoms with Crippen LogP contribution in [-0.4, -0.2) is 35.2 Å². The van der Waals surface area contributed by atoms with E-state index in [9.17, 15) is 19.5 Å². The zero-order valence-corrected chi connectivity index (χ0v) is 17.6. The molecule has 160 valence electrons. The highest BCUT2D eigenvalue weighted by atomic mass is 35.5. The molecule has 0 heterocycles. The quantitative estimate of drug-likeness (QED) is 0.563. The van der Waals surface area contributed by atoms with Gasteiger partial charge in [0.2, 0.25) is 5.91 Å². The Hall–Kier alpha value is -3.06. The van der Waals surface area contributed by atoms with Gasteiger partial charge in [-0.1, -0.05) is 67.9 Å². The third kappa shape index (κ3) is 7.40. The summed E-state index contributed by atoms with van der Waals surface area (Å²) in [5.41, 5.74) is 1.48. The highest BCUT2D eigenvalue weighted by Crippen LogP contribution is 2.13. The normalized spacial score (nSPS) is 12.7. The van der Waals surface area contributed by atoms with Gasteiger partial charge >= 0.3 is 12.1 Å². The van der Waals surface area contributed by atoms with Gasteiger partial charge in [0.25, 0.3) is 0 Å². The lowest BCUT2D eigenvalue weighted by atomic mass is 10.0. The maximum atomic E-state index is 12.7. The number of carboxylic acids is 1. The molecule has 0 aliphatic rings. The van der Waals surface area contributed by atoms with Crippen LogP contribution in [0.2, 0.25) is 5.02 Å². The van der Waals surface area contributed by atoms with Crippen molar-refractivity contribution in [3.63, 3.8) is 0 Å². The Bertz CT molecular complexity index is 873. The molecular weight excluding hydrogens is 408 g/mol. The van der Waals surface area contributed by atoms with E-state index in [1.807, 2.05) is 30.3 Å². The summed E-state index contributed by atoms with van der Waals surface area (Å²) in [5.74, 6) is -2.07. The molecule has 0 radical (unpaired) electrons. The Morgan fingerprint density at radius 3 is 2.27 bits per heavy atom. The van der Waals surface area contributed by atoms with Gasteiger partial charge in [0.1, 0.15) is 18.7 Å². The predicted octanol–water partition coefficient (Wildman–Crippen LogP) is 3.40. The van der Waals surface area contributed by atoms with Crippen molar-refractivity contribution in [1.29, 1.82) is 0 Å². The molecule has 2 aromatic carbocycles. The van der Waals surface area contributed by atoms with E-state index in [0.717, 1.165) is 5.56 Å². The second-order valence-electron chi connectivity index (χ2n) is 7.16. The van der Waals surface area contributed by atoms with Crippen LogP contribution in [0.3, 0.4) is 0 Å². The van der Waals surface area contributed by atoms with Crippen LogP contribution in [0.15, 0.2) is 54.6 Å². The molecule has 0 bridgehead atoms. The van der Waals surface area contributed by atoms with E-state index >= 15 is 0 Å². The molecule has 0 saturated carbocycles. The summed E-state index contributed by atoms with van der Waals surface area (Å²) >= 11 is 5.94.